The molecule has 2 amide bonds. The van der Waals surface area contributed by atoms with Gasteiger partial charge in [0.2, 0.25) is 11.9 Å². The highest BCUT2D eigenvalue weighted by Gasteiger charge is 2.16. The van der Waals surface area contributed by atoms with E-state index in [0.29, 0.717) is 41.6 Å². The molecule has 8 nitrogen and oxygen atoms in total. The number of aromatic nitrogens is 2. The number of carbonyl (C=O) groups is 2. The molecule has 1 aromatic heterocycles. The monoisotopic (exact) mass is 507 g/mol. The van der Waals surface area contributed by atoms with Gasteiger partial charge in [-0.2, -0.15) is 0 Å². The van der Waals surface area contributed by atoms with Crippen molar-refractivity contribution in [1.82, 2.24) is 15.3 Å². The van der Waals surface area contributed by atoms with Gasteiger partial charge in [0.1, 0.15) is 5.75 Å². The number of anilines is 3. The first-order valence-corrected chi connectivity index (χ1v) is 12.1. The third kappa shape index (κ3) is 7.04. The van der Waals surface area contributed by atoms with Crippen molar-refractivity contribution in [2.45, 2.75) is 19.9 Å². The molecule has 0 saturated carbocycles. The first-order valence-electron chi connectivity index (χ1n) is 12.1. The van der Waals surface area contributed by atoms with E-state index >= 15 is 0 Å². The molecule has 0 radical (unpaired) electrons. The summed E-state index contributed by atoms with van der Waals surface area (Å²) in [5, 5.41) is 8.90. The van der Waals surface area contributed by atoms with Crippen LogP contribution in [0, 0.1) is 6.92 Å². The van der Waals surface area contributed by atoms with Crippen LogP contribution in [0.25, 0.3) is 0 Å². The van der Waals surface area contributed by atoms with Crippen molar-refractivity contribution in [1.29, 1.82) is 0 Å². The Hall–Kier alpha value is -4.98. The van der Waals surface area contributed by atoms with E-state index in [1.54, 1.807) is 13.2 Å². The van der Waals surface area contributed by atoms with Gasteiger partial charge in [-0.3, -0.25) is 9.59 Å². The van der Waals surface area contributed by atoms with E-state index < -0.39 is 0 Å². The van der Waals surface area contributed by atoms with Crippen LogP contribution in [0.15, 0.2) is 91.6 Å². The predicted molar refractivity (Wildman–Crippen MR) is 149 cm³/mol. The number of nitrogens with zero attached hydrogens (tertiary/aromatic N) is 2. The maximum absolute atomic E-state index is 13.2. The Bertz CT molecular complexity index is 1450. The molecule has 0 bridgehead atoms. The van der Waals surface area contributed by atoms with Crippen LogP contribution in [-0.2, 0) is 17.8 Å². The number of methoxy groups -OCH3 is 1. The summed E-state index contributed by atoms with van der Waals surface area (Å²) in [7, 11) is 1.60. The molecule has 8 heteroatoms. The fourth-order valence-corrected chi connectivity index (χ4v) is 3.76. The molecular weight excluding hydrogens is 478 g/mol. The highest BCUT2D eigenvalue weighted by atomic mass is 16.5. The molecule has 0 fully saturated rings. The lowest BCUT2D eigenvalue weighted by Crippen LogP contribution is -2.25. The summed E-state index contributed by atoms with van der Waals surface area (Å²) in [5.74, 6) is 0.468. The molecule has 38 heavy (non-hydrogen) atoms. The summed E-state index contributed by atoms with van der Waals surface area (Å²) in [4.78, 5) is 34.0. The maximum atomic E-state index is 13.2. The number of nitrogens with one attached hydrogen (secondary N) is 3. The van der Waals surface area contributed by atoms with Crippen LogP contribution in [0.3, 0.4) is 0 Å². The van der Waals surface area contributed by atoms with Crippen LogP contribution in [0.1, 0.15) is 32.7 Å². The van der Waals surface area contributed by atoms with E-state index in [4.69, 9.17) is 4.74 Å². The van der Waals surface area contributed by atoms with Crippen molar-refractivity contribution in [2.75, 3.05) is 17.7 Å². The van der Waals surface area contributed by atoms with E-state index in [1.165, 1.54) is 12.3 Å². The van der Waals surface area contributed by atoms with Gasteiger partial charge in [0, 0.05) is 36.6 Å². The van der Waals surface area contributed by atoms with Gasteiger partial charge >= 0.3 is 0 Å². The number of aryl methyl sites for hydroxylation is 1. The largest absolute Gasteiger partial charge is 0.497 e. The lowest BCUT2D eigenvalue weighted by molar-refractivity contribution is -0.111. The van der Waals surface area contributed by atoms with Crippen molar-refractivity contribution in [3.63, 3.8) is 0 Å². The normalized spacial score (nSPS) is 10.4. The standard InChI is InChI=1S/C30H29N5O3/c1-4-28(36)33-23-8-5-7-22(15-23)16-27-26(29(37)31-18-21-13-11-20(2)12-14-21)19-32-30(35-27)34-24-9-6-10-25(17-24)38-3/h4-15,17,19H,1,16,18H2,2-3H3,(H,31,37)(H,33,36)(H,32,34,35). The fraction of sp³-hybridized carbons (Fsp3) is 0.133. The maximum Gasteiger partial charge on any atom is 0.254 e. The van der Waals surface area contributed by atoms with Gasteiger partial charge in [-0.25, -0.2) is 9.97 Å². The number of rotatable bonds is 10. The Kier molecular flexibility index (Phi) is 8.46. The quantitative estimate of drug-likeness (QED) is 0.255. The first kappa shape index (κ1) is 26.1. The van der Waals surface area contributed by atoms with Gasteiger partial charge in [0.05, 0.1) is 18.4 Å². The van der Waals surface area contributed by atoms with Crippen molar-refractivity contribution in [3.05, 3.63) is 120 Å². The molecule has 0 aliphatic heterocycles. The molecule has 0 atom stereocenters. The number of hydrogen-bond acceptors (Lipinski definition) is 6. The van der Waals surface area contributed by atoms with Gasteiger partial charge in [0.15, 0.2) is 0 Å². The topological polar surface area (TPSA) is 105 Å². The average molecular weight is 508 g/mol. The summed E-state index contributed by atoms with van der Waals surface area (Å²) in [5.41, 5.74) is 5.30. The zero-order valence-corrected chi connectivity index (χ0v) is 21.3. The third-order valence-electron chi connectivity index (χ3n) is 5.76. The van der Waals surface area contributed by atoms with E-state index in [-0.39, 0.29) is 11.8 Å². The lowest BCUT2D eigenvalue weighted by atomic mass is 10.0. The molecule has 4 aromatic rings. The predicted octanol–water partition coefficient (Wildman–Crippen LogP) is 5.18. The average Bonchev–Trinajstić information content (AvgIpc) is 2.93. The molecule has 4 rings (SSSR count). The van der Waals surface area contributed by atoms with E-state index in [0.717, 1.165) is 22.4 Å². The Morgan fingerprint density at radius 1 is 0.974 bits per heavy atom. The summed E-state index contributed by atoms with van der Waals surface area (Å²) in [6.45, 7) is 5.89. The van der Waals surface area contributed by atoms with Crippen LogP contribution < -0.4 is 20.7 Å². The summed E-state index contributed by atoms with van der Waals surface area (Å²) in [6, 6.07) is 22.8. The number of benzene rings is 3. The minimum atomic E-state index is -0.301. The van der Waals surface area contributed by atoms with Crippen LogP contribution in [0.5, 0.6) is 5.75 Å². The van der Waals surface area contributed by atoms with Crippen molar-refractivity contribution >= 4 is 29.1 Å². The van der Waals surface area contributed by atoms with Crippen LogP contribution in [0.2, 0.25) is 0 Å². The van der Waals surface area contributed by atoms with Crippen molar-refractivity contribution in [3.8, 4) is 5.75 Å². The van der Waals surface area contributed by atoms with E-state index in [1.807, 2.05) is 73.7 Å². The Labute approximate surface area is 221 Å². The highest BCUT2D eigenvalue weighted by molar-refractivity contribution is 5.99. The minimum Gasteiger partial charge on any atom is -0.497 e. The number of hydrogen-bond donors (Lipinski definition) is 3. The number of carbonyl (C=O) groups excluding carboxylic acids is 2. The molecular formula is C30H29N5O3. The Morgan fingerprint density at radius 2 is 1.74 bits per heavy atom. The number of ether oxygens (including phenoxy) is 1. The summed E-state index contributed by atoms with van der Waals surface area (Å²) < 4.78 is 5.29. The van der Waals surface area contributed by atoms with Crippen molar-refractivity contribution < 1.29 is 14.3 Å². The molecule has 3 aromatic carbocycles. The second kappa shape index (κ2) is 12.3. The molecule has 0 saturated heterocycles. The van der Waals surface area contributed by atoms with Gasteiger partial charge in [-0.1, -0.05) is 54.6 Å². The molecule has 0 unspecified atom stereocenters. The SMILES string of the molecule is C=CC(=O)Nc1cccc(Cc2nc(Nc3cccc(OC)c3)ncc2C(=O)NCc2ccc(C)cc2)c1. The van der Waals surface area contributed by atoms with Gasteiger partial charge in [-0.05, 0) is 48.4 Å². The molecule has 0 aliphatic rings. The third-order valence-corrected chi connectivity index (χ3v) is 5.76. The smallest absolute Gasteiger partial charge is 0.254 e. The molecule has 1 heterocycles. The lowest BCUT2D eigenvalue weighted by Gasteiger charge is -2.13. The van der Waals surface area contributed by atoms with Crippen LogP contribution in [-0.4, -0.2) is 28.9 Å². The van der Waals surface area contributed by atoms with Gasteiger partial charge in [-0.15, -0.1) is 0 Å². The van der Waals surface area contributed by atoms with Crippen LogP contribution in [0.4, 0.5) is 17.3 Å². The van der Waals surface area contributed by atoms with Crippen molar-refractivity contribution in [2.24, 2.45) is 0 Å². The zero-order chi connectivity index (χ0) is 26.9. The fourth-order valence-electron chi connectivity index (χ4n) is 3.76. The minimum absolute atomic E-state index is 0.273. The van der Waals surface area contributed by atoms with E-state index in [9.17, 15) is 9.59 Å². The summed E-state index contributed by atoms with van der Waals surface area (Å²) >= 11 is 0. The zero-order valence-electron chi connectivity index (χ0n) is 21.3. The molecule has 0 aliphatic carbocycles. The van der Waals surface area contributed by atoms with E-state index in [2.05, 4.69) is 32.5 Å². The summed E-state index contributed by atoms with van der Waals surface area (Å²) in [6.07, 6.45) is 3.09. The number of amides is 2. The second-order valence-corrected chi connectivity index (χ2v) is 8.65. The van der Waals surface area contributed by atoms with Gasteiger partial charge in [0.25, 0.3) is 5.91 Å². The van der Waals surface area contributed by atoms with Crippen LogP contribution >= 0.6 is 0 Å². The highest BCUT2D eigenvalue weighted by Crippen LogP contribution is 2.22. The Balaban J connectivity index is 1.61. The second-order valence-electron chi connectivity index (χ2n) is 8.65. The Morgan fingerprint density at radius 3 is 2.50 bits per heavy atom. The first-order chi connectivity index (χ1) is 18.4. The van der Waals surface area contributed by atoms with Gasteiger partial charge < -0.3 is 20.7 Å². The molecule has 3 N–H and O–H groups in total. The molecule has 0 spiro atoms. The molecule has 192 valence electrons.